The highest BCUT2D eigenvalue weighted by atomic mass is 19.1. The van der Waals surface area contributed by atoms with Gasteiger partial charge in [0.2, 0.25) is 0 Å². The van der Waals surface area contributed by atoms with Gasteiger partial charge in [-0.3, -0.25) is 0 Å². The van der Waals surface area contributed by atoms with Crippen LogP contribution in [-0.2, 0) is 0 Å². The molecule has 0 heterocycles. The minimum Gasteiger partial charge on any atom is -0.478 e. The zero-order chi connectivity index (χ0) is 15.1. The molecular formula is C15H21F2NO2. The molecule has 1 unspecified atom stereocenters. The van der Waals surface area contributed by atoms with Gasteiger partial charge in [0.1, 0.15) is 17.3 Å². The molecule has 112 valence electrons. The Labute approximate surface area is 118 Å². The fourth-order valence-electron chi connectivity index (χ4n) is 2.03. The third-order valence-corrected chi connectivity index (χ3v) is 3.17. The zero-order valence-electron chi connectivity index (χ0n) is 11.9. The summed E-state index contributed by atoms with van der Waals surface area (Å²) in [5.41, 5.74) is -0.640. The third kappa shape index (κ3) is 4.79. The fourth-order valence-corrected chi connectivity index (χ4v) is 2.03. The Bertz CT molecular complexity index is 440. The van der Waals surface area contributed by atoms with Crippen LogP contribution in [0, 0.1) is 11.6 Å². The van der Waals surface area contributed by atoms with Crippen molar-refractivity contribution >= 4 is 11.7 Å². The predicted molar refractivity (Wildman–Crippen MR) is 75.2 cm³/mol. The summed E-state index contributed by atoms with van der Waals surface area (Å²) in [5, 5.41) is 11.5. The van der Waals surface area contributed by atoms with E-state index >= 15 is 0 Å². The first-order valence-corrected chi connectivity index (χ1v) is 6.94. The number of hydrogen-bond donors (Lipinski definition) is 2. The van der Waals surface area contributed by atoms with E-state index in [2.05, 4.69) is 12.2 Å². The Morgan fingerprint density at radius 2 is 1.85 bits per heavy atom. The molecule has 0 aromatic heterocycles. The quantitative estimate of drug-likeness (QED) is 0.694. The molecule has 1 aromatic rings. The molecule has 2 N–H and O–H groups in total. The van der Waals surface area contributed by atoms with E-state index < -0.39 is 17.6 Å². The highest BCUT2D eigenvalue weighted by Gasteiger charge is 2.16. The molecule has 0 saturated heterocycles. The van der Waals surface area contributed by atoms with E-state index in [1.54, 1.807) is 0 Å². The van der Waals surface area contributed by atoms with Crippen molar-refractivity contribution in [1.29, 1.82) is 0 Å². The molecule has 0 amide bonds. The van der Waals surface area contributed by atoms with Gasteiger partial charge in [-0.25, -0.2) is 13.6 Å². The molecule has 3 nitrogen and oxygen atoms in total. The average Bonchev–Trinajstić information content (AvgIpc) is 2.38. The summed E-state index contributed by atoms with van der Waals surface area (Å²) in [6, 6.07) is 1.60. The second kappa shape index (κ2) is 7.82. The van der Waals surface area contributed by atoms with Crippen molar-refractivity contribution in [1.82, 2.24) is 0 Å². The normalized spacial score (nSPS) is 12.2. The smallest absolute Gasteiger partial charge is 0.335 e. The number of anilines is 1. The Morgan fingerprint density at radius 1 is 1.25 bits per heavy atom. The lowest BCUT2D eigenvalue weighted by molar-refractivity contribution is 0.0696. The van der Waals surface area contributed by atoms with Crippen molar-refractivity contribution in [2.45, 2.75) is 52.0 Å². The molecule has 0 aliphatic heterocycles. The minimum absolute atomic E-state index is 0.0634. The van der Waals surface area contributed by atoms with Crippen LogP contribution in [0.15, 0.2) is 12.1 Å². The molecule has 0 saturated carbocycles. The van der Waals surface area contributed by atoms with Crippen LogP contribution < -0.4 is 5.32 Å². The van der Waals surface area contributed by atoms with Crippen molar-refractivity contribution in [2.24, 2.45) is 0 Å². The molecular weight excluding hydrogens is 264 g/mol. The molecule has 0 bridgehead atoms. The van der Waals surface area contributed by atoms with Crippen LogP contribution in [0.2, 0.25) is 0 Å². The fraction of sp³-hybridized carbons (Fsp3) is 0.533. The first kappa shape index (κ1) is 16.4. The summed E-state index contributed by atoms with van der Waals surface area (Å²) in [4.78, 5) is 10.7. The summed E-state index contributed by atoms with van der Waals surface area (Å²) in [5.74, 6) is -3.09. The summed E-state index contributed by atoms with van der Waals surface area (Å²) < 4.78 is 27.4. The van der Waals surface area contributed by atoms with Crippen LogP contribution in [0.4, 0.5) is 14.5 Å². The average molecular weight is 285 g/mol. The number of rotatable bonds is 8. The van der Waals surface area contributed by atoms with E-state index in [0.29, 0.717) is 0 Å². The number of carboxylic acids is 1. The van der Waals surface area contributed by atoms with Gasteiger partial charge >= 0.3 is 5.97 Å². The number of hydrogen-bond acceptors (Lipinski definition) is 2. The number of carboxylic acid groups (broad SMARTS) is 1. The van der Waals surface area contributed by atoms with Crippen molar-refractivity contribution < 1.29 is 18.7 Å². The lowest BCUT2D eigenvalue weighted by Crippen LogP contribution is -2.17. The lowest BCUT2D eigenvalue weighted by atomic mass is 10.1. The van der Waals surface area contributed by atoms with Crippen molar-refractivity contribution in [3.8, 4) is 0 Å². The number of nitrogens with one attached hydrogen (secondary N) is 1. The summed E-state index contributed by atoms with van der Waals surface area (Å²) in [6.45, 7) is 3.98. The van der Waals surface area contributed by atoms with Gasteiger partial charge in [-0.15, -0.1) is 0 Å². The monoisotopic (exact) mass is 285 g/mol. The SMILES string of the molecule is CCCCCCC(C)Nc1c(F)cc(C(=O)O)cc1F. The molecule has 1 aromatic carbocycles. The molecule has 1 rings (SSSR count). The maximum Gasteiger partial charge on any atom is 0.335 e. The van der Waals surface area contributed by atoms with Crippen LogP contribution in [0.3, 0.4) is 0 Å². The van der Waals surface area contributed by atoms with E-state index in [1.807, 2.05) is 6.92 Å². The largest absolute Gasteiger partial charge is 0.478 e. The van der Waals surface area contributed by atoms with Crippen molar-refractivity contribution in [2.75, 3.05) is 5.32 Å². The molecule has 20 heavy (non-hydrogen) atoms. The topological polar surface area (TPSA) is 49.3 Å². The van der Waals surface area contributed by atoms with Gasteiger partial charge in [0.25, 0.3) is 0 Å². The molecule has 0 aliphatic rings. The van der Waals surface area contributed by atoms with Crippen LogP contribution in [-0.4, -0.2) is 17.1 Å². The lowest BCUT2D eigenvalue weighted by Gasteiger charge is -2.16. The predicted octanol–water partition coefficient (Wildman–Crippen LogP) is 4.43. The van der Waals surface area contributed by atoms with Gasteiger partial charge in [0.15, 0.2) is 0 Å². The summed E-state index contributed by atoms with van der Waals surface area (Å²) in [6.07, 6.45) is 5.22. The highest BCUT2D eigenvalue weighted by Crippen LogP contribution is 2.22. The van der Waals surface area contributed by atoms with E-state index in [4.69, 9.17) is 5.11 Å². The van der Waals surface area contributed by atoms with Crippen LogP contribution >= 0.6 is 0 Å². The molecule has 0 spiro atoms. The first-order valence-electron chi connectivity index (χ1n) is 6.94. The Balaban J connectivity index is 2.65. The molecule has 0 aliphatic carbocycles. The second-order valence-electron chi connectivity index (χ2n) is 5.01. The van der Waals surface area contributed by atoms with E-state index in [0.717, 1.165) is 44.2 Å². The van der Waals surface area contributed by atoms with Gasteiger partial charge < -0.3 is 10.4 Å². The summed E-state index contributed by atoms with van der Waals surface area (Å²) >= 11 is 0. The van der Waals surface area contributed by atoms with Gasteiger partial charge in [-0.05, 0) is 25.5 Å². The number of aromatic carboxylic acids is 1. The van der Waals surface area contributed by atoms with Gasteiger partial charge in [-0.2, -0.15) is 0 Å². The van der Waals surface area contributed by atoms with Crippen LogP contribution in [0.1, 0.15) is 56.3 Å². The summed E-state index contributed by atoms with van der Waals surface area (Å²) in [7, 11) is 0. The van der Waals surface area contributed by atoms with Crippen molar-refractivity contribution in [3.05, 3.63) is 29.3 Å². The van der Waals surface area contributed by atoms with Crippen LogP contribution in [0.25, 0.3) is 0 Å². The van der Waals surface area contributed by atoms with E-state index in [1.165, 1.54) is 0 Å². The molecule has 5 heteroatoms. The van der Waals surface area contributed by atoms with Gasteiger partial charge in [-0.1, -0.05) is 32.6 Å². The Kier molecular flexibility index (Phi) is 6.42. The Hall–Kier alpha value is -1.65. The minimum atomic E-state index is -1.35. The maximum atomic E-state index is 13.7. The molecule has 0 fully saturated rings. The third-order valence-electron chi connectivity index (χ3n) is 3.17. The maximum absolute atomic E-state index is 13.7. The van der Waals surface area contributed by atoms with Gasteiger partial charge in [0.05, 0.1) is 5.56 Å². The van der Waals surface area contributed by atoms with E-state index in [9.17, 15) is 13.6 Å². The van der Waals surface area contributed by atoms with Crippen LogP contribution in [0.5, 0.6) is 0 Å². The number of unbranched alkanes of at least 4 members (excludes halogenated alkanes) is 3. The molecule has 0 radical (unpaired) electrons. The standard InChI is InChI=1S/C15H21F2NO2/c1-3-4-5-6-7-10(2)18-14-12(16)8-11(15(19)20)9-13(14)17/h8-10,18H,3-7H2,1-2H3,(H,19,20). The zero-order valence-corrected chi connectivity index (χ0v) is 11.9. The van der Waals surface area contributed by atoms with Gasteiger partial charge in [0, 0.05) is 6.04 Å². The number of halogens is 2. The molecule has 1 atom stereocenters. The Morgan fingerprint density at radius 3 is 2.35 bits per heavy atom. The number of benzene rings is 1. The van der Waals surface area contributed by atoms with E-state index in [-0.39, 0.29) is 17.3 Å². The second-order valence-corrected chi connectivity index (χ2v) is 5.01. The first-order chi connectivity index (χ1) is 9.45. The number of carbonyl (C=O) groups is 1. The highest BCUT2D eigenvalue weighted by molar-refractivity contribution is 5.88. The van der Waals surface area contributed by atoms with Crippen molar-refractivity contribution in [3.63, 3.8) is 0 Å².